The van der Waals surface area contributed by atoms with E-state index in [4.69, 9.17) is 29.4 Å². The van der Waals surface area contributed by atoms with Crippen LogP contribution in [-0.2, 0) is 25.4 Å². The SMILES string of the molecule is COCCCOc1cc(CC(CC(N)C(O)CC(C(=O)N[C@H]2COC[C@@H](OC)C2)C(C)C)C(C)C)ccc1OC. The molecular weight excluding hydrogens is 512 g/mol. The first kappa shape index (κ1) is 34.3. The molecule has 6 atom stereocenters. The number of benzene rings is 1. The van der Waals surface area contributed by atoms with Crippen LogP contribution in [0.4, 0.5) is 0 Å². The van der Waals surface area contributed by atoms with Gasteiger partial charge in [0, 0.05) is 39.2 Å². The molecule has 0 radical (unpaired) electrons. The Bertz CT molecular complexity index is 866. The van der Waals surface area contributed by atoms with E-state index in [0.29, 0.717) is 56.7 Å². The predicted octanol–water partition coefficient (Wildman–Crippen LogP) is 3.59. The van der Waals surface area contributed by atoms with Crippen molar-refractivity contribution in [2.24, 2.45) is 29.4 Å². The minimum atomic E-state index is -0.788. The summed E-state index contributed by atoms with van der Waals surface area (Å²) in [6, 6.07) is 5.49. The molecule has 4 N–H and O–H groups in total. The molecule has 0 aromatic heterocycles. The van der Waals surface area contributed by atoms with Crippen molar-refractivity contribution in [3.63, 3.8) is 0 Å². The van der Waals surface area contributed by atoms with Crippen LogP contribution in [-0.4, -0.2) is 83.1 Å². The largest absolute Gasteiger partial charge is 0.493 e. The molecule has 2 rings (SSSR count). The molecular formula is C31H54N2O7. The van der Waals surface area contributed by atoms with Crippen molar-refractivity contribution in [1.82, 2.24) is 5.32 Å². The summed E-state index contributed by atoms with van der Waals surface area (Å²) in [5.41, 5.74) is 7.70. The summed E-state index contributed by atoms with van der Waals surface area (Å²) < 4.78 is 27.5. The number of nitrogens with two attached hydrogens (primary N) is 1. The molecule has 0 bridgehead atoms. The third-order valence-electron chi connectivity index (χ3n) is 7.98. The highest BCUT2D eigenvalue weighted by Gasteiger charge is 2.32. The van der Waals surface area contributed by atoms with Crippen LogP contribution in [0.2, 0.25) is 0 Å². The fourth-order valence-corrected chi connectivity index (χ4v) is 5.23. The lowest BCUT2D eigenvalue weighted by Crippen LogP contribution is -2.49. The summed E-state index contributed by atoms with van der Waals surface area (Å²) in [7, 11) is 4.97. The number of amides is 1. The first-order valence-corrected chi connectivity index (χ1v) is 14.7. The first-order valence-electron chi connectivity index (χ1n) is 14.7. The fourth-order valence-electron chi connectivity index (χ4n) is 5.23. The van der Waals surface area contributed by atoms with Crippen LogP contribution >= 0.6 is 0 Å². The number of hydrogen-bond donors (Lipinski definition) is 3. The Balaban J connectivity index is 2.00. The number of aliphatic hydroxyl groups is 1. The zero-order valence-corrected chi connectivity index (χ0v) is 25.7. The Morgan fingerprint density at radius 2 is 1.82 bits per heavy atom. The lowest BCUT2D eigenvalue weighted by Gasteiger charge is -2.32. The van der Waals surface area contributed by atoms with Gasteiger partial charge in [0.15, 0.2) is 11.5 Å². The molecule has 0 aliphatic carbocycles. The zero-order chi connectivity index (χ0) is 29.7. The van der Waals surface area contributed by atoms with Gasteiger partial charge in [0.25, 0.3) is 0 Å². The lowest BCUT2D eigenvalue weighted by atomic mass is 9.80. The monoisotopic (exact) mass is 566 g/mol. The quantitative estimate of drug-likeness (QED) is 0.231. The topological polar surface area (TPSA) is 122 Å². The molecule has 0 spiro atoms. The van der Waals surface area contributed by atoms with E-state index < -0.39 is 12.1 Å². The Morgan fingerprint density at radius 3 is 2.45 bits per heavy atom. The summed E-state index contributed by atoms with van der Waals surface area (Å²) in [5, 5.41) is 14.2. The van der Waals surface area contributed by atoms with Gasteiger partial charge in [-0.1, -0.05) is 33.8 Å². The number of hydrogen-bond acceptors (Lipinski definition) is 8. The third-order valence-corrected chi connectivity index (χ3v) is 7.98. The van der Waals surface area contributed by atoms with E-state index >= 15 is 0 Å². The Labute approximate surface area is 241 Å². The van der Waals surface area contributed by atoms with Crippen LogP contribution in [0.1, 0.15) is 58.9 Å². The van der Waals surface area contributed by atoms with Gasteiger partial charge in [-0.15, -0.1) is 0 Å². The second-order valence-corrected chi connectivity index (χ2v) is 11.8. The Kier molecular flexibility index (Phi) is 15.3. The number of carbonyl (C=O) groups excluding carboxylic acids is 1. The smallest absolute Gasteiger partial charge is 0.223 e. The molecule has 1 amide bonds. The maximum absolute atomic E-state index is 13.2. The van der Waals surface area contributed by atoms with Gasteiger partial charge in [-0.05, 0) is 61.1 Å². The summed E-state index contributed by atoms with van der Waals surface area (Å²) in [6.07, 6.45) is 2.47. The van der Waals surface area contributed by atoms with E-state index in [9.17, 15) is 9.90 Å². The van der Waals surface area contributed by atoms with Gasteiger partial charge < -0.3 is 39.8 Å². The molecule has 9 nitrogen and oxygen atoms in total. The molecule has 1 aromatic rings. The minimum Gasteiger partial charge on any atom is -0.493 e. The van der Waals surface area contributed by atoms with Crippen molar-refractivity contribution >= 4 is 5.91 Å². The molecule has 1 aromatic carbocycles. The van der Waals surface area contributed by atoms with Crippen molar-refractivity contribution in [3.8, 4) is 11.5 Å². The third kappa shape index (κ3) is 11.2. The molecule has 1 aliphatic heterocycles. The summed E-state index contributed by atoms with van der Waals surface area (Å²) in [6.45, 7) is 10.6. The van der Waals surface area contributed by atoms with E-state index in [1.807, 2.05) is 26.0 Å². The van der Waals surface area contributed by atoms with Gasteiger partial charge in [0.1, 0.15) is 0 Å². The summed E-state index contributed by atoms with van der Waals surface area (Å²) >= 11 is 0. The van der Waals surface area contributed by atoms with Crippen molar-refractivity contribution < 1.29 is 33.6 Å². The van der Waals surface area contributed by atoms with Crippen LogP contribution in [0.15, 0.2) is 18.2 Å². The number of ether oxygens (including phenoxy) is 5. The normalized spacial score (nSPS) is 20.7. The van der Waals surface area contributed by atoms with E-state index in [0.717, 1.165) is 24.8 Å². The average molecular weight is 567 g/mol. The van der Waals surface area contributed by atoms with Crippen molar-refractivity contribution in [2.45, 2.75) is 84.1 Å². The molecule has 230 valence electrons. The lowest BCUT2D eigenvalue weighted by molar-refractivity contribution is -0.130. The number of methoxy groups -OCH3 is 3. The predicted molar refractivity (Wildman–Crippen MR) is 157 cm³/mol. The second kappa shape index (κ2) is 17.8. The van der Waals surface area contributed by atoms with Crippen LogP contribution in [0.3, 0.4) is 0 Å². The highest BCUT2D eigenvalue weighted by atomic mass is 16.5. The first-order chi connectivity index (χ1) is 19.1. The van der Waals surface area contributed by atoms with Crippen LogP contribution in [0.25, 0.3) is 0 Å². The van der Waals surface area contributed by atoms with Gasteiger partial charge in [0.05, 0.1) is 45.2 Å². The van der Waals surface area contributed by atoms with E-state index in [1.165, 1.54) is 0 Å². The van der Waals surface area contributed by atoms with Crippen LogP contribution in [0, 0.1) is 23.7 Å². The molecule has 1 saturated heterocycles. The highest BCUT2D eigenvalue weighted by Crippen LogP contribution is 2.32. The minimum absolute atomic E-state index is 0.0208. The number of rotatable bonds is 18. The molecule has 4 unspecified atom stereocenters. The highest BCUT2D eigenvalue weighted by molar-refractivity contribution is 5.79. The van der Waals surface area contributed by atoms with Gasteiger partial charge in [-0.3, -0.25) is 4.79 Å². The maximum Gasteiger partial charge on any atom is 0.223 e. The van der Waals surface area contributed by atoms with E-state index in [-0.39, 0.29) is 35.8 Å². The summed E-state index contributed by atoms with van der Waals surface area (Å²) in [4.78, 5) is 13.2. The molecule has 1 heterocycles. The summed E-state index contributed by atoms with van der Waals surface area (Å²) in [5.74, 6) is 1.67. The fraction of sp³-hybridized carbons (Fsp3) is 0.774. The zero-order valence-electron chi connectivity index (χ0n) is 25.7. The average Bonchev–Trinajstić information content (AvgIpc) is 2.93. The number of carbonyl (C=O) groups is 1. The van der Waals surface area contributed by atoms with Crippen molar-refractivity contribution in [2.75, 3.05) is 47.8 Å². The molecule has 40 heavy (non-hydrogen) atoms. The molecule has 1 aliphatic rings. The van der Waals surface area contributed by atoms with Crippen LogP contribution < -0.4 is 20.5 Å². The molecule has 9 heteroatoms. The van der Waals surface area contributed by atoms with Crippen LogP contribution in [0.5, 0.6) is 11.5 Å². The van der Waals surface area contributed by atoms with Gasteiger partial charge >= 0.3 is 0 Å². The number of aliphatic hydroxyl groups excluding tert-OH is 1. The Morgan fingerprint density at radius 1 is 1.07 bits per heavy atom. The Hall–Kier alpha value is -1.91. The van der Waals surface area contributed by atoms with Crippen molar-refractivity contribution in [3.05, 3.63) is 23.8 Å². The molecule has 0 saturated carbocycles. The van der Waals surface area contributed by atoms with E-state index in [1.54, 1.807) is 21.3 Å². The standard InChI is InChI=1S/C31H54N2O7/c1-20(2)23(13-22-9-10-29(38-7)30(14-22)40-12-8-11-36-5)15-27(32)28(34)17-26(21(3)4)31(35)33-24-16-25(37-6)19-39-18-24/h9-10,14,20-21,23-28,34H,8,11-13,15-19,32H2,1-7H3,(H,33,35)/t23?,24-,25+,26?,27?,28?/m1/s1. The number of nitrogens with one attached hydrogen (secondary N) is 1. The second-order valence-electron chi connectivity index (χ2n) is 11.8. The van der Waals surface area contributed by atoms with Gasteiger partial charge in [-0.2, -0.15) is 0 Å². The van der Waals surface area contributed by atoms with Crippen molar-refractivity contribution in [1.29, 1.82) is 0 Å². The molecule has 1 fully saturated rings. The van der Waals surface area contributed by atoms with Gasteiger partial charge in [0.2, 0.25) is 5.91 Å². The van der Waals surface area contributed by atoms with Gasteiger partial charge in [-0.25, -0.2) is 0 Å². The maximum atomic E-state index is 13.2. The van der Waals surface area contributed by atoms with E-state index in [2.05, 4.69) is 25.2 Å².